The minimum absolute atomic E-state index is 1.03. The van der Waals surface area contributed by atoms with Crippen LogP contribution in [0.1, 0.15) is 5.82 Å². The molecule has 1 aromatic heterocycles. The van der Waals surface area contributed by atoms with E-state index < -0.39 is 0 Å². The van der Waals surface area contributed by atoms with E-state index in [2.05, 4.69) is 21.9 Å². The van der Waals surface area contributed by atoms with Crippen LogP contribution in [0.15, 0.2) is 30.3 Å². The fourth-order valence-corrected chi connectivity index (χ4v) is 1.39. The molecule has 62 valence electrons. The summed E-state index contributed by atoms with van der Waals surface area (Å²) >= 11 is 0. The first-order chi connectivity index (χ1) is 5.79. The first-order valence-electron chi connectivity index (χ1n) is 3.93. The summed E-state index contributed by atoms with van der Waals surface area (Å²) in [6.07, 6.45) is 0. The van der Waals surface area contributed by atoms with Crippen LogP contribution in [0.4, 0.5) is 0 Å². The van der Waals surface area contributed by atoms with Crippen molar-refractivity contribution in [3.8, 4) is 5.69 Å². The van der Waals surface area contributed by atoms with Crippen molar-refractivity contribution in [1.29, 1.82) is 0 Å². The summed E-state index contributed by atoms with van der Waals surface area (Å²) in [5.74, 6) is 1.03. The van der Waals surface area contributed by atoms with E-state index in [4.69, 9.17) is 0 Å². The fraction of sp³-hybridized carbons (Fsp3) is 0.222. The molecule has 0 amide bonds. The predicted molar refractivity (Wildman–Crippen MR) is 47.3 cm³/mol. The van der Waals surface area contributed by atoms with Gasteiger partial charge in [-0.2, -0.15) is 0 Å². The van der Waals surface area contributed by atoms with Gasteiger partial charge in [0.25, 0.3) is 0 Å². The quantitative estimate of drug-likeness (QED) is 0.621. The highest BCUT2D eigenvalue weighted by Crippen LogP contribution is 2.09. The van der Waals surface area contributed by atoms with Crippen molar-refractivity contribution in [3.05, 3.63) is 36.2 Å². The van der Waals surface area contributed by atoms with E-state index in [1.807, 2.05) is 37.0 Å². The van der Waals surface area contributed by atoms with E-state index in [0.29, 0.717) is 0 Å². The zero-order valence-electron chi connectivity index (χ0n) is 7.23. The first kappa shape index (κ1) is 7.16. The summed E-state index contributed by atoms with van der Waals surface area (Å²) in [6.45, 7) is 1.99. The Labute approximate surface area is 71.2 Å². The Balaban J connectivity index is 2.47. The lowest BCUT2D eigenvalue weighted by atomic mass is 10.3. The first-order valence-corrected chi connectivity index (χ1v) is 3.93. The molecular formula is C9H11N3. The molecule has 12 heavy (non-hydrogen) atoms. The van der Waals surface area contributed by atoms with Crippen LogP contribution in [-0.4, -0.2) is 14.6 Å². The molecule has 0 aliphatic rings. The van der Waals surface area contributed by atoms with Crippen molar-refractivity contribution >= 4 is 0 Å². The maximum absolute atomic E-state index is 4.16. The topological polar surface area (TPSA) is 22.8 Å². The van der Waals surface area contributed by atoms with E-state index in [-0.39, 0.29) is 0 Å². The number of rotatable bonds is 1. The van der Waals surface area contributed by atoms with Crippen molar-refractivity contribution in [2.75, 3.05) is 0 Å². The Kier molecular flexibility index (Phi) is 1.50. The highest BCUT2D eigenvalue weighted by molar-refractivity contribution is 5.30. The van der Waals surface area contributed by atoms with Gasteiger partial charge in [0.05, 0.1) is 5.69 Å². The van der Waals surface area contributed by atoms with Crippen LogP contribution in [-0.2, 0) is 7.05 Å². The van der Waals surface area contributed by atoms with Crippen LogP contribution < -0.4 is 0 Å². The summed E-state index contributed by atoms with van der Waals surface area (Å²) < 4.78 is 2.06. The van der Waals surface area contributed by atoms with Crippen molar-refractivity contribution in [2.24, 2.45) is 7.05 Å². The van der Waals surface area contributed by atoms with E-state index in [1.165, 1.54) is 0 Å². The lowest BCUT2D eigenvalue weighted by molar-refractivity contribution is 0.439. The molecule has 0 saturated heterocycles. The van der Waals surface area contributed by atoms with Crippen molar-refractivity contribution in [1.82, 2.24) is 14.6 Å². The molecule has 0 radical (unpaired) electrons. The molecule has 0 bridgehead atoms. The molecule has 3 heteroatoms. The molecule has 0 unspecified atom stereocenters. The Morgan fingerprint density at radius 2 is 1.83 bits per heavy atom. The van der Waals surface area contributed by atoms with Gasteiger partial charge >= 0.3 is 0 Å². The summed E-state index contributed by atoms with van der Waals surface area (Å²) in [7, 11) is 1.93. The predicted octanol–water partition coefficient (Wildman–Crippen LogP) is 1.52. The van der Waals surface area contributed by atoms with E-state index in [0.717, 1.165) is 11.5 Å². The molecule has 0 aliphatic carbocycles. The van der Waals surface area contributed by atoms with Gasteiger partial charge in [0, 0.05) is 7.05 Å². The molecule has 0 atom stereocenters. The van der Waals surface area contributed by atoms with Gasteiger partial charge in [0.15, 0.2) is 0 Å². The second-order valence-corrected chi connectivity index (χ2v) is 2.78. The fourth-order valence-electron chi connectivity index (χ4n) is 1.39. The maximum Gasteiger partial charge on any atom is 0.149 e. The molecule has 1 heterocycles. The zero-order valence-corrected chi connectivity index (χ0v) is 7.23. The molecule has 0 spiro atoms. The second-order valence-electron chi connectivity index (χ2n) is 2.78. The lowest BCUT2D eigenvalue weighted by Gasteiger charge is -2.18. The average molecular weight is 161 g/mol. The van der Waals surface area contributed by atoms with Crippen LogP contribution in [0.2, 0.25) is 0 Å². The Bertz CT molecular complexity index is 355. The number of nitrogens with zero attached hydrogens (tertiary/aromatic N) is 3. The van der Waals surface area contributed by atoms with Gasteiger partial charge in [-0.3, -0.25) is 0 Å². The Hall–Kier alpha value is -1.51. The third-order valence-corrected chi connectivity index (χ3v) is 1.89. The van der Waals surface area contributed by atoms with Crippen molar-refractivity contribution in [3.63, 3.8) is 0 Å². The summed E-state index contributed by atoms with van der Waals surface area (Å²) in [5, 5.41) is 4.16. The molecule has 0 saturated carbocycles. The summed E-state index contributed by atoms with van der Waals surface area (Å²) in [5.41, 5.74) is 1.16. The maximum atomic E-state index is 4.16. The normalized spacial score (nSPS) is 10.5. The van der Waals surface area contributed by atoms with E-state index >= 15 is 0 Å². The van der Waals surface area contributed by atoms with Gasteiger partial charge in [0.1, 0.15) is 5.82 Å². The van der Waals surface area contributed by atoms with Crippen LogP contribution in [0, 0.1) is 6.92 Å². The zero-order chi connectivity index (χ0) is 8.55. The third-order valence-electron chi connectivity index (χ3n) is 1.89. The van der Waals surface area contributed by atoms with Crippen LogP contribution >= 0.6 is 0 Å². The highest BCUT2D eigenvalue weighted by Gasteiger charge is 2.05. The SMILES string of the molecule is Cc1nn(C)n1-c1ccccc1. The number of hydrogen-bond acceptors (Lipinski definition) is 1. The number of hydrogen-bond donors (Lipinski definition) is 0. The molecule has 1 aromatic carbocycles. The number of aryl methyl sites for hydroxylation is 2. The molecule has 0 aliphatic heterocycles. The average Bonchev–Trinajstić information content (AvgIpc) is 2.05. The lowest BCUT2D eigenvalue weighted by Crippen LogP contribution is -2.24. The molecule has 0 fully saturated rings. The van der Waals surface area contributed by atoms with E-state index in [1.54, 1.807) is 0 Å². The van der Waals surface area contributed by atoms with Crippen LogP contribution in [0.5, 0.6) is 0 Å². The van der Waals surface area contributed by atoms with Gasteiger partial charge in [0.2, 0.25) is 0 Å². The van der Waals surface area contributed by atoms with Gasteiger partial charge in [-0.05, 0) is 19.1 Å². The molecule has 0 N–H and O–H groups in total. The van der Waals surface area contributed by atoms with Gasteiger partial charge in [-0.1, -0.05) is 18.2 Å². The number of benzene rings is 1. The second kappa shape index (κ2) is 2.52. The van der Waals surface area contributed by atoms with Crippen LogP contribution in [0.3, 0.4) is 0 Å². The molecule has 2 rings (SSSR count). The smallest absolute Gasteiger partial charge is 0.149 e. The monoisotopic (exact) mass is 161 g/mol. The minimum atomic E-state index is 1.03. The van der Waals surface area contributed by atoms with Crippen molar-refractivity contribution < 1.29 is 0 Å². The largest absolute Gasteiger partial charge is 0.222 e. The van der Waals surface area contributed by atoms with Crippen LogP contribution in [0.25, 0.3) is 5.69 Å². The number of aromatic nitrogens is 3. The van der Waals surface area contributed by atoms with E-state index in [9.17, 15) is 0 Å². The highest BCUT2D eigenvalue weighted by atomic mass is 15.6. The number of para-hydroxylation sites is 1. The summed E-state index contributed by atoms with van der Waals surface area (Å²) in [6, 6.07) is 10.2. The minimum Gasteiger partial charge on any atom is -0.222 e. The Morgan fingerprint density at radius 3 is 2.33 bits per heavy atom. The van der Waals surface area contributed by atoms with Gasteiger partial charge in [-0.15, -0.1) is 5.10 Å². The molecule has 2 aromatic rings. The van der Waals surface area contributed by atoms with Gasteiger partial charge < -0.3 is 0 Å². The third kappa shape index (κ3) is 0.942. The Morgan fingerprint density at radius 1 is 1.17 bits per heavy atom. The van der Waals surface area contributed by atoms with Crippen molar-refractivity contribution in [2.45, 2.75) is 6.92 Å². The van der Waals surface area contributed by atoms with Gasteiger partial charge in [-0.25, -0.2) is 9.48 Å². The standard InChI is InChI=1S/C9H11N3/c1-8-10-11(2)12(8)9-6-4-3-5-7-9/h3-7H,1-2H3. The molecular weight excluding hydrogens is 150 g/mol. The molecule has 3 nitrogen and oxygen atoms in total. The summed E-state index contributed by atoms with van der Waals surface area (Å²) in [4.78, 5) is 1.82.